The van der Waals surface area contributed by atoms with Crippen molar-refractivity contribution in [3.8, 4) is 0 Å². The van der Waals surface area contributed by atoms with Crippen LogP contribution in [0.3, 0.4) is 0 Å². The number of nitrogens with zero attached hydrogens (tertiary/aromatic N) is 1. The SMILES string of the molecule is Cc1ccc(CN2CCCC(CCCl)C2)cc1C. The maximum Gasteiger partial charge on any atom is 0.0233 e. The molecule has 0 amide bonds. The molecule has 2 heteroatoms. The quantitative estimate of drug-likeness (QED) is 0.740. The second kappa shape index (κ2) is 6.58. The molecule has 0 radical (unpaired) electrons. The van der Waals surface area contributed by atoms with Crippen molar-refractivity contribution < 1.29 is 0 Å². The molecule has 0 N–H and O–H groups in total. The maximum absolute atomic E-state index is 5.86. The van der Waals surface area contributed by atoms with E-state index in [1.54, 1.807) is 0 Å². The van der Waals surface area contributed by atoms with Crippen molar-refractivity contribution in [2.24, 2.45) is 5.92 Å². The molecule has 0 spiro atoms. The second-order valence-corrected chi connectivity index (χ2v) is 6.02. The fraction of sp³-hybridized carbons (Fsp3) is 0.625. The Morgan fingerprint density at radius 3 is 2.83 bits per heavy atom. The third kappa shape index (κ3) is 3.73. The summed E-state index contributed by atoms with van der Waals surface area (Å²) in [4.78, 5) is 2.59. The lowest BCUT2D eigenvalue weighted by molar-refractivity contribution is 0.165. The molecule has 18 heavy (non-hydrogen) atoms. The van der Waals surface area contributed by atoms with Gasteiger partial charge in [-0.2, -0.15) is 0 Å². The summed E-state index contributed by atoms with van der Waals surface area (Å²) >= 11 is 5.86. The summed E-state index contributed by atoms with van der Waals surface area (Å²) in [6.07, 6.45) is 3.85. The van der Waals surface area contributed by atoms with E-state index in [0.29, 0.717) is 0 Å². The molecule has 0 saturated carbocycles. The number of benzene rings is 1. The molecule has 1 heterocycles. The van der Waals surface area contributed by atoms with Crippen LogP contribution in [0.5, 0.6) is 0 Å². The van der Waals surface area contributed by atoms with Crippen LogP contribution in [0, 0.1) is 19.8 Å². The summed E-state index contributed by atoms with van der Waals surface area (Å²) in [5, 5.41) is 0. The van der Waals surface area contributed by atoms with Gasteiger partial charge in [-0.15, -0.1) is 11.6 Å². The summed E-state index contributed by atoms with van der Waals surface area (Å²) in [5.74, 6) is 1.62. The first-order valence-electron chi connectivity index (χ1n) is 7.03. The van der Waals surface area contributed by atoms with Crippen molar-refractivity contribution in [3.63, 3.8) is 0 Å². The van der Waals surface area contributed by atoms with Gasteiger partial charge < -0.3 is 0 Å². The fourth-order valence-electron chi connectivity index (χ4n) is 2.84. The van der Waals surface area contributed by atoms with E-state index in [0.717, 1.165) is 18.3 Å². The Hall–Kier alpha value is -0.530. The number of hydrogen-bond acceptors (Lipinski definition) is 1. The summed E-state index contributed by atoms with van der Waals surface area (Å²) in [6.45, 7) is 7.94. The van der Waals surface area contributed by atoms with Crippen molar-refractivity contribution in [1.29, 1.82) is 0 Å². The summed E-state index contributed by atoms with van der Waals surface area (Å²) in [6, 6.07) is 6.85. The minimum absolute atomic E-state index is 0.808. The first kappa shape index (κ1) is 13.9. The Kier molecular flexibility index (Phi) is 5.08. The van der Waals surface area contributed by atoms with Gasteiger partial charge in [0.25, 0.3) is 0 Å². The molecular formula is C16H24ClN. The first-order chi connectivity index (χ1) is 8.69. The molecule has 100 valence electrons. The van der Waals surface area contributed by atoms with Gasteiger partial charge in [0, 0.05) is 19.0 Å². The highest BCUT2D eigenvalue weighted by molar-refractivity contribution is 6.17. The van der Waals surface area contributed by atoms with E-state index in [-0.39, 0.29) is 0 Å². The van der Waals surface area contributed by atoms with Gasteiger partial charge in [-0.25, -0.2) is 0 Å². The lowest BCUT2D eigenvalue weighted by Crippen LogP contribution is -2.35. The standard InChI is InChI=1S/C16H24ClN/c1-13-5-6-16(10-14(13)2)12-18-9-3-4-15(11-18)7-8-17/h5-6,10,15H,3-4,7-9,11-12H2,1-2H3. The number of piperidine rings is 1. The highest BCUT2D eigenvalue weighted by Gasteiger charge is 2.19. The molecule has 0 bridgehead atoms. The highest BCUT2D eigenvalue weighted by atomic mass is 35.5. The van der Waals surface area contributed by atoms with E-state index in [1.807, 2.05) is 0 Å². The van der Waals surface area contributed by atoms with Gasteiger partial charge >= 0.3 is 0 Å². The zero-order chi connectivity index (χ0) is 13.0. The number of halogens is 1. The number of alkyl halides is 1. The van der Waals surface area contributed by atoms with Gasteiger partial charge in [0.05, 0.1) is 0 Å². The number of likely N-dealkylation sites (tertiary alicyclic amines) is 1. The third-order valence-corrected chi connectivity index (χ3v) is 4.32. The molecule has 1 unspecified atom stereocenters. The lowest BCUT2D eigenvalue weighted by Gasteiger charge is -2.32. The minimum Gasteiger partial charge on any atom is -0.299 e. The van der Waals surface area contributed by atoms with Crippen LogP contribution in [-0.2, 0) is 6.54 Å². The van der Waals surface area contributed by atoms with E-state index in [2.05, 4.69) is 36.9 Å². The van der Waals surface area contributed by atoms with Gasteiger partial charge in [-0.3, -0.25) is 4.90 Å². The predicted octanol–water partition coefficient (Wildman–Crippen LogP) is 4.14. The third-order valence-electron chi connectivity index (χ3n) is 4.10. The molecule has 1 saturated heterocycles. The van der Waals surface area contributed by atoms with Crippen molar-refractivity contribution in [2.45, 2.75) is 39.7 Å². The molecule has 0 aromatic heterocycles. The Bertz CT molecular complexity index is 387. The van der Waals surface area contributed by atoms with Crippen LogP contribution in [0.15, 0.2) is 18.2 Å². The Morgan fingerprint density at radius 2 is 2.11 bits per heavy atom. The molecule has 1 atom stereocenters. The molecular weight excluding hydrogens is 242 g/mol. The smallest absolute Gasteiger partial charge is 0.0233 e. The van der Waals surface area contributed by atoms with Gasteiger partial charge in [0.15, 0.2) is 0 Å². The van der Waals surface area contributed by atoms with E-state index < -0.39 is 0 Å². The fourth-order valence-corrected chi connectivity index (χ4v) is 3.15. The maximum atomic E-state index is 5.86. The molecule has 1 aliphatic heterocycles. The van der Waals surface area contributed by atoms with E-state index in [9.17, 15) is 0 Å². The van der Waals surface area contributed by atoms with Crippen molar-refractivity contribution in [1.82, 2.24) is 4.90 Å². The largest absolute Gasteiger partial charge is 0.299 e. The number of hydrogen-bond donors (Lipinski definition) is 0. The molecule has 1 aromatic carbocycles. The van der Waals surface area contributed by atoms with Gasteiger partial charge in [0.1, 0.15) is 0 Å². The molecule has 1 aliphatic rings. The van der Waals surface area contributed by atoms with E-state index in [1.165, 1.54) is 49.0 Å². The predicted molar refractivity (Wildman–Crippen MR) is 79.3 cm³/mol. The van der Waals surface area contributed by atoms with Crippen LogP contribution in [0.25, 0.3) is 0 Å². The zero-order valence-electron chi connectivity index (χ0n) is 11.6. The molecule has 1 fully saturated rings. The molecule has 2 rings (SSSR count). The van der Waals surface area contributed by atoms with Crippen molar-refractivity contribution in [3.05, 3.63) is 34.9 Å². The second-order valence-electron chi connectivity index (χ2n) is 5.64. The monoisotopic (exact) mass is 265 g/mol. The van der Waals surface area contributed by atoms with Crippen molar-refractivity contribution in [2.75, 3.05) is 19.0 Å². The van der Waals surface area contributed by atoms with Crippen molar-refractivity contribution >= 4 is 11.6 Å². The topological polar surface area (TPSA) is 3.24 Å². The molecule has 0 aliphatic carbocycles. The van der Waals surface area contributed by atoms with Crippen LogP contribution < -0.4 is 0 Å². The van der Waals surface area contributed by atoms with Gasteiger partial charge in [-0.1, -0.05) is 18.2 Å². The van der Waals surface area contributed by atoms with Crippen LogP contribution in [-0.4, -0.2) is 23.9 Å². The lowest BCUT2D eigenvalue weighted by atomic mass is 9.95. The minimum atomic E-state index is 0.808. The Morgan fingerprint density at radius 1 is 1.28 bits per heavy atom. The first-order valence-corrected chi connectivity index (χ1v) is 7.57. The van der Waals surface area contributed by atoms with E-state index >= 15 is 0 Å². The van der Waals surface area contributed by atoms with E-state index in [4.69, 9.17) is 11.6 Å². The molecule has 1 nitrogen and oxygen atoms in total. The highest BCUT2D eigenvalue weighted by Crippen LogP contribution is 2.22. The van der Waals surface area contributed by atoms with Crippen LogP contribution in [0.1, 0.15) is 36.0 Å². The molecule has 1 aromatic rings. The summed E-state index contributed by atoms with van der Waals surface area (Å²) in [7, 11) is 0. The van der Waals surface area contributed by atoms with Crippen LogP contribution in [0.4, 0.5) is 0 Å². The average molecular weight is 266 g/mol. The van der Waals surface area contributed by atoms with Gasteiger partial charge in [0.2, 0.25) is 0 Å². The van der Waals surface area contributed by atoms with Gasteiger partial charge in [-0.05, 0) is 62.3 Å². The summed E-state index contributed by atoms with van der Waals surface area (Å²) < 4.78 is 0. The normalized spacial score (nSPS) is 21.2. The summed E-state index contributed by atoms with van der Waals surface area (Å²) in [5.41, 5.74) is 4.24. The Balaban J connectivity index is 1.93. The number of rotatable bonds is 4. The van der Waals surface area contributed by atoms with Crippen LogP contribution >= 0.6 is 11.6 Å². The van der Waals surface area contributed by atoms with Crippen LogP contribution in [0.2, 0.25) is 0 Å². The average Bonchev–Trinajstić information content (AvgIpc) is 2.35. The number of aryl methyl sites for hydroxylation is 2. The Labute approximate surface area is 116 Å². The zero-order valence-corrected chi connectivity index (χ0v) is 12.3.